The van der Waals surface area contributed by atoms with Gasteiger partial charge in [0.1, 0.15) is 17.3 Å². The highest BCUT2D eigenvalue weighted by Crippen LogP contribution is 2.43. The average Bonchev–Trinajstić information content (AvgIpc) is 3.15. The molecule has 3 aromatic rings. The van der Waals surface area contributed by atoms with Crippen LogP contribution >= 0.6 is 0 Å². The Balaban J connectivity index is 1.92. The van der Waals surface area contributed by atoms with E-state index >= 15 is 0 Å². The number of hydrogen-bond donors (Lipinski definition) is 1. The summed E-state index contributed by atoms with van der Waals surface area (Å²) in [7, 11) is 3.08. The van der Waals surface area contributed by atoms with E-state index in [0.29, 0.717) is 46.1 Å². The van der Waals surface area contributed by atoms with Crippen LogP contribution in [-0.4, -0.2) is 42.5 Å². The zero-order chi connectivity index (χ0) is 27.6. The van der Waals surface area contributed by atoms with E-state index in [1.807, 2.05) is 13.8 Å². The number of benzene rings is 3. The van der Waals surface area contributed by atoms with Crippen molar-refractivity contribution in [3.8, 4) is 17.2 Å². The first-order chi connectivity index (χ1) is 18.2. The first kappa shape index (κ1) is 26.7. The van der Waals surface area contributed by atoms with Crippen LogP contribution < -0.4 is 14.2 Å². The van der Waals surface area contributed by atoms with Gasteiger partial charge in [0.15, 0.2) is 11.5 Å². The van der Waals surface area contributed by atoms with Crippen LogP contribution in [0.1, 0.15) is 40.8 Å². The van der Waals surface area contributed by atoms with Gasteiger partial charge in [-0.15, -0.1) is 0 Å². The van der Waals surface area contributed by atoms with E-state index in [0.717, 1.165) is 5.56 Å². The van der Waals surface area contributed by atoms with Crippen LogP contribution in [0, 0.1) is 19.7 Å². The second kappa shape index (κ2) is 11.0. The fourth-order valence-corrected chi connectivity index (χ4v) is 4.72. The molecule has 1 aliphatic heterocycles. The van der Waals surface area contributed by atoms with E-state index < -0.39 is 23.5 Å². The van der Waals surface area contributed by atoms with Crippen molar-refractivity contribution < 1.29 is 33.3 Å². The monoisotopic (exact) mass is 519 g/mol. The first-order valence-electron chi connectivity index (χ1n) is 12.2. The minimum absolute atomic E-state index is 0.0307. The normalized spacial score (nSPS) is 16.6. The summed E-state index contributed by atoms with van der Waals surface area (Å²) in [6.07, 6.45) is 0. The maximum atomic E-state index is 13.5. The van der Waals surface area contributed by atoms with Gasteiger partial charge >= 0.3 is 0 Å². The number of aryl methyl sites for hydroxylation is 2. The Morgan fingerprint density at radius 2 is 1.61 bits per heavy atom. The largest absolute Gasteiger partial charge is 0.507 e. The summed E-state index contributed by atoms with van der Waals surface area (Å²) in [5, 5.41) is 11.5. The molecule has 0 saturated carbocycles. The maximum absolute atomic E-state index is 13.5. The molecular weight excluding hydrogens is 489 g/mol. The molecule has 1 heterocycles. The molecule has 7 nitrogen and oxygen atoms in total. The molecule has 0 aromatic heterocycles. The molecule has 0 aliphatic carbocycles. The molecule has 0 spiro atoms. The van der Waals surface area contributed by atoms with E-state index in [2.05, 4.69) is 0 Å². The smallest absolute Gasteiger partial charge is 0.295 e. The highest BCUT2D eigenvalue weighted by Gasteiger charge is 2.46. The summed E-state index contributed by atoms with van der Waals surface area (Å²) >= 11 is 0. The SMILES string of the molecule is CCOc1cc(C2/C(=C(\O)c3cc(C)c(OC)cc3C)C(=O)C(=O)N2Cc2ccc(F)cc2)ccc1OC. The predicted octanol–water partition coefficient (Wildman–Crippen LogP) is 5.48. The molecular formula is C30H30FNO6. The van der Waals surface area contributed by atoms with Crippen molar-refractivity contribution in [3.05, 3.63) is 93.8 Å². The van der Waals surface area contributed by atoms with Crippen LogP contribution in [0.3, 0.4) is 0 Å². The summed E-state index contributed by atoms with van der Waals surface area (Å²) < 4.78 is 30.1. The van der Waals surface area contributed by atoms with Crippen molar-refractivity contribution in [1.29, 1.82) is 0 Å². The third-order valence-corrected chi connectivity index (χ3v) is 6.61. The van der Waals surface area contributed by atoms with Gasteiger partial charge in [0.25, 0.3) is 11.7 Å². The Kier molecular flexibility index (Phi) is 7.71. The van der Waals surface area contributed by atoms with Gasteiger partial charge < -0.3 is 24.2 Å². The Bertz CT molecular complexity index is 1410. The van der Waals surface area contributed by atoms with Crippen molar-refractivity contribution in [2.24, 2.45) is 0 Å². The third-order valence-electron chi connectivity index (χ3n) is 6.61. The average molecular weight is 520 g/mol. The van der Waals surface area contributed by atoms with E-state index in [-0.39, 0.29) is 17.9 Å². The molecule has 1 unspecified atom stereocenters. The Morgan fingerprint density at radius 3 is 2.24 bits per heavy atom. The summed E-state index contributed by atoms with van der Waals surface area (Å²) in [5.74, 6) is -0.692. The minimum atomic E-state index is -0.924. The topological polar surface area (TPSA) is 85.3 Å². The van der Waals surface area contributed by atoms with E-state index in [4.69, 9.17) is 14.2 Å². The van der Waals surface area contributed by atoms with Crippen molar-refractivity contribution in [1.82, 2.24) is 4.90 Å². The van der Waals surface area contributed by atoms with Crippen molar-refractivity contribution >= 4 is 17.4 Å². The number of aliphatic hydroxyl groups excluding tert-OH is 1. The number of ether oxygens (including phenoxy) is 3. The number of carbonyl (C=O) groups excluding carboxylic acids is 2. The van der Waals surface area contributed by atoms with Crippen LogP contribution in [0.25, 0.3) is 5.76 Å². The van der Waals surface area contributed by atoms with E-state index in [9.17, 15) is 19.1 Å². The van der Waals surface area contributed by atoms with Crippen LogP contribution in [0.5, 0.6) is 17.2 Å². The Hall–Kier alpha value is -4.33. The van der Waals surface area contributed by atoms with Gasteiger partial charge in [0, 0.05) is 12.1 Å². The molecule has 0 radical (unpaired) electrons. The summed E-state index contributed by atoms with van der Waals surface area (Å²) in [6, 6.07) is 13.4. The second-order valence-electron chi connectivity index (χ2n) is 9.03. The number of nitrogens with zero attached hydrogens (tertiary/aromatic N) is 1. The zero-order valence-corrected chi connectivity index (χ0v) is 22.0. The maximum Gasteiger partial charge on any atom is 0.295 e. The third kappa shape index (κ3) is 4.94. The number of ketones is 1. The molecule has 0 bridgehead atoms. The number of likely N-dealkylation sites (tertiary alicyclic amines) is 1. The lowest BCUT2D eigenvalue weighted by atomic mass is 9.92. The molecule has 1 aliphatic rings. The fourth-order valence-electron chi connectivity index (χ4n) is 4.72. The molecule has 4 rings (SSSR count). The van der Waals surface area contributed by atoms with Crippen molar-refractivity contribution in [2.45, 2.75) is 33.4 Å². The lowest BCUT2D eigenvalue weighted by Crippen LogP contribution is -2.29. The minimum Gasteiger partial charge on any atom is -0.507 e. The molecule has 38 heavy (non-hydrogen) atoms. The van der Waals surface area contributed by atoms with E-state index in [1.165, 1.54) is 24.1 Å². The van der Waals surface area contributed by atoms with Gasteiger partial charge in [-0.3, -0.25) is 9.59 Å². The Labute approximate surface area is 221 Å². The number of Topliss-reactive ketones (excluding diaryl/α,β-unsaturated/α-hetero) is 1. The van der Waals surface area contributed by atoms with Gasteiger partial charge in [0.05, 0.1) is 32.4 Å². The molecule has 1 N–H and O–H groups in total. The van der Waals surface area contributed by atoms with Gasteiger partial charge in [-0.25, -0.2) is 4.39 Å². The molecule has 1 fully saturated rings. The zero-order valence-electron chi connectivity index (χ0n) is 22.0. The van der Waals surface area contributed by atoms with Gasteiger partial charge in [-0.1, -0.05) is 18.2 Å². The lowest BCUT2D eigenvalue weighted by molar-refractivity contribution is -0.140. The number of carbonyl (C=O) groups is 2. The van der Waals surface area contributed by atoms with Gasteiger partial charge in [0.2, 0.25) is 0 Å². The highest BCUT2D eigenvalue weighted by atomic mass is 19.1. The molecule has 8 heteroatoms. The Morgan fingerprint density at radius 1 is 0.921 bits per heavy atom. The fraction of sp³-hybridized carbons (Fsp3) is 0.267. The summed E-state index contributed by atoms with van der Waals surface area (Å²) in [6.45, 7) is 5.86. The lowest BCUT2D eigenvalue weighted by Gasteiger charge is -2.26. The second-order valence-corrected chi connectivity index (χ2v) is 9.03. The number of halogens is 1. The van der Waals surface area contributed by atoms with Crippen molar-refractivity contribution in [2.75, 3.05) is 20.8 Å². The van der Waals surface area contributed by atoms with Gasteiger partial charge in [-0.2, -0.15) is 0 Å². The number of amides is 1. The van der Waals surface area contributed by atoms with Crippen molar-refractivity contribution in [3.63, 3.8) is 0 Å². The van der Waals surface area contributed by atoms with Gasteiger partial charge in [-0.05, 0) is 79.4 Å². The molecule has 1 saturated heterocycles. The molecule has 3 aromatic carbocycles. The standard InChI is InChI=1S/C30H30FNO6/c1-6-38-25-15-20(9-12-23(25)36-4)27-26(28(33)22-13-18(3)24(37-5)14-17(22)2)29(34)30(35)32(27)16-19-7-10-21(31)11-8-19/h7-15,27,33H,6,16H2,1-5H3/b28-26+. The van der Waals surface area contributed by atoms with Crippen LogP contribution in [0.4, 0.5) is 4.39 Å². The summed E-state index contributed by atoms with van der Waals surface area (Å²) in [4.78, 5) is 28.2. The quantitative estimate of drug-likeness (QED) is 0.241. The molecule has 1 amide bonds. The number of methoxy groups -OCH3 is 2. The number of aliphatic hydroxyl groups is 1. The van der Waals surface area contributed by atoms with Crippen LogP contribution in [0.15, 0.2) is 60.2 Å². The number of hydrogen-bond acceptors (Lipinski definition) is 6. The molecule has 198 valence electrons. The number of rotatable bonds is 8. The first-order valence-corrected chi connectivity index (χ1v) is 12.2. The highest BCUT2D eigenvalue weighted by molar-refractivity contribution is 6.46. The van der Waals surface area contributed by atoms with Crippen LogP contribution in [0.2, 0.25) is 0 Å². The van der Waals surface area contributed by atoms with Crippen LogP contribution in [-0.2, 0) is 16.1 Å². The predicted molar refractivity (Wildman–Crippen MR) is 141 cm³/mol. The van der Waals surface area contributed by atoms with E-state index in [1.54, 1.807) is 56.5 Å². The molecule has 1 atom stereocenters. The summed E-state index contributed by atoms with van der Waals surface area (Å²) in [5.41, 5.74) is 3.01.